The smallest absolute Gasteiger partial charge is 0.253 e. The highest BCUT2D eigenvalue weighted by atomic mass is 32.2. The van der Waals surface area contributed by atoms with Crippen molar-refractivity contribution < 1.29 is 13.2 Å². The fourth-order valence-corrected chi connectivity index (χ4v) is 4.27. The van der Waals surface area contributed by atoms with Gasteiger partial charge in [0.1, 0.15) is 5.82 Å². The van der Waals surface area contributed by atoms with Crippen LogP contribution in [0.2, 0.25) is 0 Å². The van der Waals surface area contributed by atoms with Crippen molar-refractivity contribution in [3.05, 3.63) is 59.4 Å². The van der Waals surface area contributed by atoms with Gasteiger partial charge in [0, 0.05) is 33.8 Å². The first kappa shape index (κ1) is 21.0. The molecule has 154 valence electrons. The Morgan fingerprint density at radius 2 is 1.72 bits per heavy atom. The Labute approximate surface area is 171 Å². The lowest BCUT2D eigenvalue weighted by molar-refractivity contribution is 0.0827. The molecule has 3 rings (SSSR count). The molecule has 0 aliphatic heterocycles. The quantitative estimate of drug-likeness (QED) is 0.621. The number of carbonyl (C=O) groups is 1. The number of nitrogens with zero attached hydrogens (tertiary/aromatic N) is 4. The van der Waals surface area contributed by atoms with E-state index in [1.54, 1.807) is 45.4 Å². The molecule has 29 heavy (non-hydrogen) atoms. The second-order valence-electron chi connectivity index (χ2n) is 7.25. The highest BCUT2D eigenvalue weighted by Gasteiger charge is 2.23. The molecule has 0 spiro atoms. The largest absolute Gasteiger partial charge is 0.345 e. The normalized spacial score (nSPS) is 11.9. The maximum Gasteiger partial charge on any atom is 0.253 e. The molecule has 1 heterocycles. The van der Waals surface area contributed by atoms with Gasteiger partial charge in [0.15, 0.2) is 0 Å². The summed E-state index contributed by atoms with van der Waals surface area (Å²) < 4.78 is 29.0. The SMILES string of the molecule is CCc1ccc(S(=O)(=O)N(C)Cc2nc3cc(C(=O)N(C)C)ccc3n2C)cc1. The zero-order valence-corrected chi connectivity index (χ0v) is 18.2. The van der Waals surface area contributed by atoms with E-state index in [-0.39, 0.29) is 17.3 Å². The van der Waals surface area contributed by atoms with E-state index in [0.29, 0.717) is 16.9 Å². The number of benzene rings is 2. The van der Waals surface area contributed by atoms with E-state index in [9.17, 15) is 13.2 Å². The summed E-state index contributed by atoms with van der Waals surface area (Å²) in [5, 5.41) is 0. The summed E-state index contributed by atoms with van der Waals surface area (Å²) in [6, 6.07) is 12.3. The van der Waals surface area contributed by atoms with Gasteiger partial charge in [-0.25, -0.2) is 13.4 Å². The van der Waals surface area contributed by atoms with Crippen LogP contribution in [0.15, 0.2) is 47.4 Å². The maximum atomic E-state index is 12.9. The molecule has 3 aromatic rings. The lowest BCUT2D eigenvalue weighted by Crippen LogP contribution is -2.27. The van der Waals surface area contributed by atoms with Gasteiger partial charge in [-0.3, -0.25) is 4.79 Å². The molecule has 0 saturated heterocycles. The summed E-state index contributed by atoms with van der Waals surface area (Å²) in [6.45, 7) is 2.15. The summed E-state index contributed by atoms with van der Waals surface area (Å²) in [5.41, 5.74) is 3.14. The minimum Gasteiger partial charge on any atom is -0.345 e. The zero-order chi connectivity index (χ0) is 21.3. The van der Waals surface area contributed by atoms with Gasteiger partial charge in [0.25, 0.3) is 5.91 Å². The highest BCUT2D eigenvalue weighted by molar-refractivity contribution is 7.89. The topological polar surface area (TPSA) is 75.5 Å². The summed E-state index contributed by atoms with van der Waals surface area (Å²) in [4.78, 5) is 18.5. The Kier molecular flexibility index (Phi) is 5.77. The number of rotatable bonds is 6. The van der Waals surface area contributed by atoms with E-state index in [0.717, 1.165) is 17.5 Å². The molecule has 1 amide bonds. The van der Waals surface area contributed by atoms with Gasteiger partial charge in [-0.15, -0.1) is 0 Å². The van der Waals surface area contributed by atoms with Crippen molar-refractivity contribution in [2.24, 2.45) is 7.05 Å². The lowest BCUT2D eigenvalue weighted by Gasteiger charge is -2.17. The molecule has 8 heteroatoms. The van der Waals surface area contributed by atoms with Gasteiger partial charge in [-0.1, -0.05) is 19.1 Å². The Morgan fingerprint density at radius 1 is 1.07 bits per heavy atom. The molecule has 1 aromatic heterocycles. The summed E-state index contributed by atoms with van der Waals surface area (Å²) in [6.07, 6.45) is 0.855. The standard InChI is InChI=1S/C21H26N4O3S/c1-6-15-7-10-17(11-8-15)29(27,28)24(4)14-20-22-18-13-16(21(26)23(2)3)9-12-19(18)25(20)5/h7-13H,6,14H2,1-5H3. The molecule has 0 saturated carbocycles. The number of carbonyl (C=O) groups excluding carboxylic acids is 1. The Bertz CT molecular complexity index is 1150. The summed E-state index contributed by atoms with van der Waals surface area (Å²) in [5.74, 6) is 0.500. The molecular formula is C21H26N4O3S. The Morgan fingerprint density at radius 3 is 2.31 bits per heavy atom. The number of imidazole rings is 1. The van der Waals surface area contributed by atoms with E-state index in [4.69, 9.17) is 0 Å². The van der Waals surface area contributed by atoms with Crippen LogP contribution in [0.4, 0.5) is 0 Å². The third kappa shape index (κ3) is 4.04. The van der Waals surface area contributed by atoms with Crippen LogP contribution >= 0.6 is 0 Å². The summed E-state index contributed by atoms with van der Waals surface area (Å²) >= 11 is 0. The minimum atomic E-state index is -3.63. The minimum absolute atomic E-state index is 0.102. The van der Waals surface area contributed by atoms with Crippen molar-refractivity contribution >= 4 is 27.0 Å². The molecule has 0 N–H and O–H groups in total. The van der Waals surface area contributed by atoms with Crippen molar-refractivity contribution in [3.63, 3.8) is 0 Å². The maximum absolute atomic E-state index is 12.9. The van der Waals surface area contributed by atoms with E-state index in [1.165, 1.54) is 9.21 Å². The van der Waals surface area contributed by atoms with Crippen molar-refractivity contribution in [2.45, 2.75) is 24.8 Å². The molecule has 0 radical (unpaired) electrons. The first-order chi connectivity index (χ1) is 13.6. The Balaban J connectivity index is 1.90. The predicted octanol–water partition coefficient (Wildman–Crippen LogP) is 2.66. The molecule has 0 fully saturated rings. The number of aromatic nitrogens is 2. The van der Waals surface area contributed by atoms with E-state index >= 15 is 0 Å². The zero-order valence-electron chi connectivity index (χ0n) is 17.4. The van der Waals surface area contributed by atoms with Gasteiger partial charge in [-0.2, -0.15) is 4.31 Å². The molecule has 0 bridgehead atoms. The number of fused-ring (bicyclic) bond motifs is 1. The van der Waals surface area contributed by atoms with Gasteiger partial charge in [0.05, 0.1) is 22.5 Å². The second-order valence-corrected chi connectivity index (χ2v) is 9.29. The molecule has 7 nitrogen and oxygen atoms in total. The van der Waals surface area contributed by atoms with Gasteiger partial charge in [0.2, 0.25) is 10.0 Å². The fourth-order valence-electron chi connectivity index (χ4n) is 3.14. The number of hydrogen-bond acceptors (Lipinski definition) is 4. The van der Waals surface area contributed by atoms with E-state index in [2.05, 4.69) is 4.98 Å². The van der Waals surface area contributed by atoms with Gasteiger partial charge < -0.3 is 9.47 Å². The Hall–Kier alpha value is -2.71. The van der Waals surface area contributed by atoms with Crippen LogP contribution in [0.5, 0.6) is 0 Å². The van der Waals surface area contributed by atoms with Crippen molar-refractivity contribution in [1.29, 1.82) is 0 Å². The first-order valence-corrected chi connectivity index (χ1v) is 10.8. The van der Waals surface area contributed by atoms with E-state index < -0.39 is 10.0 Å². The fraction of sp³-hybridized carbons (Fsp3) is 0.333. The highest BCUT2D eigenvalue weighted by Crippen LogP contribution is 2.21. The number of hydrogen-bond donors (Lipinski definition) is 0. The van der Waals surface area contributed by atoms with Crippen LogP contribution in [-0.2, 0) is 30.0 Å². The van der Waals surface area contributed by atoms with Crippen LogP contribution in [-0.4, -0.2) is 54.2 Å². The molecule has 0 aliphatic rings. The van der Waals surface area contributed by atoms with Crippen molar-refractivity contribution in [2.75, 3.05) is 21.1 Å². The van der Waals surface area contributed by atoms with E-state index in [1.807, 2.05) is 36.7 Å². The molecule has 0 unspecified atom stereocenters. The van der Waals surface area contributed by atoms with Crippen LogP contribution in [0.3, 0.4) is 0 Å². The summed E-state index contributed by atoms with van der Waals surface area (Å²) in [7, 11) is 3.15. The molecule has 0 aliphatic carbocycles. The second kappa shape index (κ2) is 7.96. The number of sulfonamides is 1. The first-order valence-electron chi connectivity index (χ1n) is 9.37. The molecule has 0 atom stereocenters. The number of amides is 1. The van der Waals surface area contributed by atoms with Crippen molar-refractivity contribution in [3.8, 4) is 0 Å². The van der Waals surface area contributed by atoms with Crippen LogP contribution in [0.25, 0.3) is 11.0 Å². The van der Waals surface area contributed by atoms with Gasteiger partial charge in [-0.05, 0) is 42.3 Å². The third-order valence-corrected chi connectivity index (χ3v) is 6.85. The number of aryl methyl sites for hydroxylation is 2. The lowest BCUT2D eigenvalue weighted by atomic mass is 10.2. The molecular weight excluding hydrogens is 388 g/mol. The van der Waals surface area contributed by atoms with Crippen LogP contribution in [0.1, 0.15) is 28.7 Å². The van der Waals surface area contributed by atoms with Crippen LogP contribution in [0, 0.1) is 0 Å². The van der Waals surface area contributed by atoms with Gasteiger partial charge >= 0.3 is 0 Å². The average molecular weight is 415 g/mol. The average Bonchev–Trinajstić information content (AvgIpc) is 3.02. The molecule has 2 aromatic carbocycles. The van der Waals surface area contributed by atoms with Crippen LogP contribution < -0.4 is 0 Å². The van der Waals surface area contributed by atoms with Crippen molar-refractivity contribution in [1.82, 2.24) is 18.8 Å². The monoisotopic (exact) mass is 414 g/mol. The predicted molar refractivity (Wildman–Crippen MR) is 113 cm³/mol. The third-order valence-electron chi connectivity index (χ3n) is 5.03.